The Morgan fingerprint density at radius 1 is 0.791 bits per heavy atom. The van der Waals surface area contributed by atoms with Gasteiger partial charge in [0.05, 0.1) is 6.10 Å². The van der Waals surface area contributed by atoms with Gasteiger partial charge in [0.1, 0.15) is 5.78 Å². The number of hydrogen-bond donors (Lipinski definition) is 1. The van der Waals surface area contributed by atoms with Crippen molar-refractivity contribution in [3.63, 3.8) is 0 Å². The Labute approximate surface area is 265 Å². The molecule has 1 N–H and O–H groups in total. The minimum absolute atomic E-state index is 0.111. The molecule has 0 aliphatic heterocycles. The van der Waals surface area contributed by atoms with Gasteiger partial charge in [-0.15, -0.1) is 0 Å². The van der Waals surface area contributed by atoms with Gasteiger partial charge in [-0.2, -0.15) is 0 Å². The van der Waals surface area contributed by atoms with E-state index in [4.69, 9.17) is 0 Å². The fourth-order valence-electron chi connectivity index (χ4n) is 10.7. The van der Waals surface area contributed by atoms with Crippen molar-refractivity contribution in [1.29, 1.82) is 0 Å². The lowest BCUT2D eigenvalue weighted by atomic mass is 9.42. The van der Waals surface area contributed by atoms with Crippen molar-refractivity contribution in [1.82, 2.24) is 4.90 Å². The Bertz CT molecular complexity index is 861. The number of hydrogen-bond acceptors (Lipinski definition) is 3. The monoisotopic (exact) mass is 600 g/mol. The van der Waals surface area contributed by atoms with Gasteiger partial charge >= 0.3 is 0 Å². The Hall–Kier alpha value is -0.900. The van der Waals surface area contributed by atoms with Crippen molar-refractivity contribution in [3.8, 4) is 0 Å². The lowest BCUT2D eigenvalue weighted by Crippen LogP contribution is -2.57. The first-order chi connectivity index (χ1) is 20.7. The molecule has 0 aromatic heterocycles. The van der Waals surface area contributed by atoms with E-state index in [1.54, 1.807) is 0 Å². The predicted molar refractivity (Wildman–Crippen MR) is 179 cm³/mol. The highest BCUT2D eigenvalue weighted by Gasteiger charge is 2.62. The van der Waals surface area contributed by atoms with E-state index in [-0.39, 0.29) is 11.5 Å². The molecule has 0 heterocycles. The zero-order valence-corrected chi connectivity index (χ0v) is 28.9. The van der Waals surface area contributed by atoms with Crippen LogP contribution in [0.3, 0.4) is 0 Å². The van der Waals surface area contributed by atoms with Crippen LogP contribution in [0.2, 0.25) is 0 Å². The maximum atomic E-state index is 13.1. The van der Waals surface area contributed by atoms with E-state index < -0.39 is 0 Å². The third-order valence-corrected chi connectivity index (χ3v) is 13.5. The zero-order chi connectivity index (χ0) is 30.9. The highest BCUT2D eigenvalue weighted by Crippen LogP contribution is 2.67. The van der Waals surface area contributed by atoms with Crippen molar-refractivity contribution < 1.29 is 14.7 Å². The third-order valence-electron chi connectivity index (χ3n) is 13.5. The van der Waals surface area contributed by atoms with Crippen LogP contribution in [0.15, 0.2) is 0 Å². The summed E-state index contributed by atoms with van der Waals surface area (Å²) in [6.07, 6.45) is 26.3. The summed E-state index contributed by atoms with van der Waals surface area (Å²) < 4.78 is 0. The maximum absolute atomic E-state index is 13.1. The average molecular weight is 600 g/mol. The second-order valence-corrected chi connectivity index (χ2v) is 16.2. The summed E-state index contributed by atoms with van der Waals surface area (Å²) in [5.41, 5.74) is 0.440. The van der Waals surface area contributed by atoms with Crippen LogP contribution in [-0.4, -0.2) is 40.9 Å². The normalized spacial score (nSPS) is 35.3. The first-order valence-electron chi connectivity index (χ1n) is 19.2. The first kappa shape index (κ1) is 35.0. The molecule has 1 unspecified atom stereocenters. The van der Waals surface area contributed by atoms with Gasteiger partial charge in [0, 0.05) is 32.4 Å². The van der Waals surface area contributed by atoms with Gasteiger partial charge in [-0.3, -0.25) is 9.59 Å². The number of ketones is 1. The van der Waals surface area contributed by atoms with Crippen LogP contribution in [0.25, 0.3) is 0 Å². The average Bonchev–Trinajstić information content (AvgIpc) is 3.30. The van der Waals surface area contributed by atoms with Crippen LogP contribution in [0.1, 0.15) is 175 Å². The van der Waals surface area contributed by atoms with E-state index in [9.17, 15) is 14.7 Å². The molecule has 4 fully saturated rings. The molecule has 0 bridgehead atoms. The van der Waals surface area contributed by atoms with Gasteiger partial charge in [0.15, 0.2) is 0 Å². The standard InChI is InChI=1S/C39H69NO3/c1-5-7-9-16-26-40(27-17-10-8-6-2)36(43)19-15-13-11-12-14-18-30-28-31-29-32(41)22-24-38(31,3)34-23-25-39(4)33(37(30)34)20-21-35(39)42/h30-31,33-35,37,42H,5-29H2,1-4H3/t30?,31-,33-,34-,35-,37-,38-,39-/m0/s1. The second-order valence-electron chi connectivity index (χ2n) is 16.2. The van der Waals surface area contributed by atoms with Crippen molar-refractivity contribution in [3.05, 3.63) is 0 Å². The number of aliphatic hydroxyl groups is 1. The van der Waals surface area contributed by atoms with Gasteiger partial charge in [-0.25, -0.2) is 0 Å². The van der Waals surface area contributed by atoms with Gasteiger partial charge < -0.3 is 10.0 Å². The maximum Gasteiger partial charge on any atom is 0.222 e. The van der Waals surface area contributed by atoms with E-state index >= 15 is 0 Å². The van der Waals surface area contributed by atoms with Crippen LogP contribution < -0.4 is 0 Å². The van der Waals surface area contributed by atoms with E-state index in [0.29, 0.717) is 28.9 Å². The number of rotatable bonds is 18. The Morgan fingerprint density at radius 3 is 2.12 bits per heavy atom. The van der Waals surface area contributed by atoms with E-state index in [2.05, 4.69) is 32.6 Å². The van der Waals surface area contributed by atoms with Crippen LogP contribution >= 0.6 is 0 Å². The van der Waals surface area contributed by atoms with Gasteiger partial charge in [0.25, 0.3) is 0 Å². The fourth-order valence-corrected chi connectivity index (χ4v) is 10.7. The quantitative estimate of drug-likeness (QED) is 0.160. The molecule has 4 heteroatoms. The molecule has 0 radical (unpaired) electrons. The lowest BCUT2D eigenvalue weighted by Gasteiger charge is -2.62. The molecule has 4 rings (SSSR count). The summed E-state index contributed by atoms with van der Waals surface area (Å²) in [5, 5.41) is 11.0. The molecule has 4 saturated carbocycles. The number of fused-ring (bicyclic) bond motifs is 5. The van der Waals surface area contributed by atoms with Crippen LogP contribution in [0.4, 0.5) is 0 Å². The summed E-state index contributed by atoms with van der Waals surface area (Å²) in [4.78, 5) is 27.8. The minimum atomic E-state index is -0.121. The summed E-state index contributed by atoms with van der Waals surface area (Å²) >= 11 is 0. The predicted octanol–water partition coefficient (Wildman–Crippen LogP) is 9.91. The molecular weight excluding hydrogens is 530 g/mol. The van der Waals surface area contributed by atoms with Crippen molar-refractivity contribution >= 4 is 11.7 Å². The molecule has 1 amide bonds. The van der Waals surface area contributed by atoms with E-state index in [1.807, 2.05) is 0 Å². The molecule has 4 aliphatic carbocycles. The summed E-state index contributed by atoms with van der Waals surface area (Å²) in [5.74, 6) is 4.35. The SMILES string of the molecule is CCCCCCN(CCCCCC)C(=O)CCCCCCCC1C[C@H]2CC(=O)CC[C@]2(C)[C@H]2CC[C@]3(C)[C@@H](O)CC[C@H]3[C@H]12. The summed E-state index contributed by atoms with van der Waals surface area (Å²) in [6, 6.07) is 0. The smallest absolute Gasteiger partial charge is 0.222 e. The van der Waals surface area contributed by atoms with E-state index in [0.717, 1.165) is 82.2 Å². The zero-order valence-electron chi connectivity index (χ0n) is 28.9. The number of aliphatic hydroxyl groups excluding tert-OH is 1. The largest absolute Gasteiger partial charge is 0.393 e. The Balaban J connectivity index is 1.23. The molecule has 0 aromatic rings. The third kappa shape index (κ3) is 8.48. The van der Waals surface area contributed by atoms with E-state index in [1.165, 1.54) is 96.3 Å². The van der Waals surface area contributed by atoms with Crippen LogP contribution in [-0.2, 0) is 9.59 Å². The molecule has 4 aliphatic rings. The van der Waals surface area contributed by atoms with Crippen LogP contribution in [0, 0.1) is 40.4 Å². The number of carbonyl (C=O) groups is 2. The van der Waals surface area contributed by atoms with Crippen molar-refractivity contribution in [2.24, 2.45) is 40.4 Å². The van der Waals surface area contributed by atoms with Gasteiger partial charge in [-0.05, 0) is 98.2 Å². The minimum Gasteiger partial charge on any atom is -0.393 e. The fraction of sp³-hybridized carbons (Fsp3) is 0.949. The molecule has 0 saturated heterocycles. The summed E-state index contributed by atoms with van der Waals surface area (Å²) in [7, 11) is 0. The number of Topliss-reactive ketones (excluding diaryl/α,β-unsaturated/α-hetero) is 1. The highest BCUT2D eigenvalue weighted by molar-refractivity contribution is 5.79. The molecule has 0 spiro atoms. The molecule has 43 heavy (non-hydrogen) atoms. The highest BCUT2D eigenvalue weighted by atomic mass is 16.3. The Morgan fingerprint density at radius 2 is 1.42 bits per heavy atom. The summed E-state index contributed by atoms with van der Waals surface area (Å²) in [6.45, 7) is 11.4. The molecule has 248 valence electrons. The first-order valence-corrected chi connectivity index (χ1v) is 19.2. The molecular formula is C39H69NO3. The van der Waals surface area contributed by atoms with Gasteiger partial charge in [-0.1, -0.05) is 98.3 Å². The molecule has 8 atom stereocenters. The van der Waals surface area contributed by atoms with Crippen molar-refractivity contribution in [2.45, 2.75) is 181 Å². The Kier molecular flexibility index (Phi) is 13.5. The van der Waals surface area contributed by atoms with Crippen molar-refractivity contribution in [2.75, 3.05) is 13.1 Å². The second kappa shape index (κ2) is 16.6. The molecule has 0 aromatic carbocycles. The lowest BCUT2D eigenvalue weighted by molar-refractivity contribution is -0.156. The van der Waals surface area contributed by atoms with Gasteiger partial charge in [0.2, 0.25) is 5.91 Å². The number of unbranched alkanes of at least 4 members (excludes halogenated alkanes) is 10. The number of nitrogens with zero attached hydrogens (tertiary/aromatic N) is 1. The number of carbonyl (C=O) groups excluding carboxylic acids is 2. The van der Waals surface area contributed by atoms with Crippen LogP contribution in [0.5, 0.6) is 0 Å². The molecule has 4 nitrogen and oxygen atoms in total. The topological polar surface area (TPSA) is 57.6 Å². The number of amides is 1.